The van der Waals surface area contributed by atoms with Gasteiger partial charge in [-0.25, -0.2) is 4.39 Å². The summed E-state index contributed by atoms with van der Waals surface area (Å²) < 4.78 is 23.4. The van der Waals surface area contributed by atoms with Crippen molar-refractivity contribution in [3.8, 4) is 11.5 Å². The molecule has 0 heterocycles. The first-order valence-electron chi connectivity index (χ1n) is 6.65. The van der Waals surface area contributed by atoms with E-state index in [4.69, 9.17) is 9.47 Å². The fraction of sp³-hybridized carbons (Fsp3) is 0.294. The van der Waals surface area contributed by atoms with Crippen LogP contribution in [0, 0.1) is 5.82 Å². The molecule has 2 aromatic rings. The van der Waals surface area contributed by atoms with Crippen LogP contribution >= 0.6 is 0 Å². The Morgan fingerprint density at radius 1 is 1.05 bits per heavy atom. The normalized spacial score (nSPS) is 13.6. The van der Waals surface area contributed by atoms with Crippen molar-refractivity contribution < 1.29 is 19.0 Å². The summed E-state index contributed by atoms with van der Waals surface area (Å²) in [6.45, 7) is 1.71. The second kappa shape index (κ2) is 6.14. The number of halogens is 1. The summed E-state index contributed by atoms with van der Waals surface area (Å²) in [6, 6.07) is 11.4. The molecule has 0 saturated carbocycles. The molecule has 0 aliphatic rings. The quantitative estimate of drug-likeness (QED) is 0.918. The Morgan fingerprint density at radius 3 is 2.29 bits per heavy atom. The van der Waals surface area contributed by atoms with Gasteiger partial charge in [0, 0.05) is 18.1 Å². The highest BCUT2D eigenvalue weighted by Crippen LogP contribution is 2.35. The van der Waals surface area contributed by atoms with Gasteiger partial charge in [0.25, 0.3) is 0 Å². The van der Waals surface area contributed by atoms with Gasteiger partial charge in [-0.3, -0.25) is 0 Å². The van der Waals surface area contributed by atoms with Crippen LogP contribution in [-0.4, -0.2) is 19.3 Å². The first-order chi connectivity index (χ1) is 9.96. The summed E-state index contributed by atoms with van der Waals surface area (Å²) in [5.41, 5.74) is 0.379. The van der Waals surface area contributed by atoms with Crippen LogP contribution in [0.3, 0.4) is 0 Å². The summed E-state index contributed by atoms with van der Waals surface area (Å²) in [4.78, 5) is 0. The summed E-state index contributed by atoms with van der Waals surface area (Å²) in [5.74, 6) is 0.926. The van der Waals surface area contributed by atoms with Gasteiger partial charge in [0.15, 0.2) is 0 Å². The number of methoxy groups -OCH3 is 2. The molecule has 0 radical (unpaired) electrons. The van der Waals surface area contributed by atoms with E-state index < -0.39 is 5.60 Å². The highest BCUT2D eigenvalue weighted by atomic mass is 19.1. The Kier molecular flexibility index (Phi) is 4.48. The lowest BCUT2D eigenvalue weighted by atomic mass is 9.88. The van der Waals surface area contributed by atoms with Crippen molar-refractivity contribution in [2.75, 3.05) is 14.2 Å². The SMILES string of the molecule is COc1ccc(C(C)(O)Cc2ccc(F)cc2)c(OC)c1. The molecule has 0 fully saturated rings. The lowest BCUT2D eigenvalue weighted by Crippen LogP contribution is -2.25. The minimum atomic E-state index is -1.13. The maximum atomic E-state index is 12.9. The third kappa shape index (κ3) is 3.52. The lowest BCUT2D eigenvalue weighted by molar-refractivity contribution is 0.0549. The zero-order valence-electron chi connectivity index (χ0n) is 12.4. The molecule has 1 unspecified atom stereocenters. The van der Waals surface area contributed by atoms with Crippen LogP contribution < -0.4 is 9.47 Å². The number of benzene rings is 2. The Hall–Kier alpha value is -2.07. The number of rotatable bonds is 5. The Labute approximate surface area is 124 Å². The van der Waals surface area contributed by atoms with Crippen molar-refractivity contribution in [1.82, 2.24) is 0 Å². The number of aliphatic hydroxyl groups is 1. The van der Waals surface area contributed by atoms with Crippen LogP contribution in [0.4, 0.5) is 4.39 Å². The maximum absolute atomic E-state index is 12.9. The van der Waals surface area contributed by atoms with E-state index in [1.54, 1.807) is 51.5 Å². The van der Waals surface area contributed by atoms with E-state index in [0.717, 1.165) is 5.56 Å². The van der Waals surface area contributed by atoms with Gasteiger partial charge in [-0.2, -0.15) is 0 Å². The van der Waals surface area contributed by atoms with Gasteiger partial charge in [-0.15, -0.1) is 0 Å². The molecule has 0 aliphatic carbocycles. The highest BCUT2D eigenvalue weighted by Gasteiger charge is 2.27. The standard InChI is InChI=1S/C17H19FO3/c1-17(19,11-12-4-6-13(18)7-5-12)15-9-8-14(20-2)10-16(15)21-3/h4-10,19H,11H2,1-3H3. The molecule has 3 nitrogen and oxygen atoms in total. The predicted octanol–water partition coefficient (Wildman–Crippen LogP) is 3.29. The van der Waals surface area contributed by atoms with E-state index in [2.05, 4.69) is 0 Å². The Bertz CT molecular complexity index is 606. The molecule has 0 aliphatic heterocycles. The van der Waals surface area contributed by atoms with Gasteiger partial charge in [-0.1, -0.05) is 12.1 Å². The number of ether oxygens (including phenoxy) is 2. The first-order valence-corrected chi connectivity index (χ1v) is 6.65. The molecule has 1 N–H and O–H groups in total. The van der Waals surface area contributed by atoms with E-state index >= 15 is 0 Å². The number of hydrogen-bond donors (Lipinski definition) is 1. The summed E-state index contributed by atoms with van der Waals surface area (Å²) in [7, 11) is 3.12. The average molecular weight is 290 g/mol. The fourth-order valence-corrected chi connectivity index (χ4v) is 2.34. The minimum Gasteiger partial charge on any atom is -0.497 e. The largest absolute Gasteiger partial charge is 0.497 e. The molecule has 21 heavy (non-hydrogen) atoms. The monoisotopic (exact) mass is 290 g/mol. The van der Waals surface area contributed by atoms with Gasteiger partial charge in [0.05, 0.1) is 19.8 Å². The van der Waals surface area contributed by atoms with Gasteiger partial charge in [0.1, 0.15) is 17.3 Å². The zero-order chi connectivity index (χ0) is 15.5. The van der Waals surface area contributed by atoms with Crippen molar-refractivity contribution >= 4 is 0 Å². The molecule has 0 spiro atoms. The van der Waals surface area contributed by atoms with E-state index in [1.165, 1.54) is 12.1 Å². The fourth-order valence-electron chi connectivity index (χ4n) is 2.34. The molecule has 0 saturated heterocycles. The smallest absolute Gasteiger partial charge is 0.128 e. The summed E-state index contributed by atoms with van der Waals surface area (Å²) in [6.07, 6.45) is 0.357. The minimum absolute atomic E-state index is 0.291. The predicted molar refractivity (Wildman–Crippen MR) is 79.2 cm³/mol. The molecular weight excluding hydrogens is 271 g/mol. The van der Waals surface area contributed by atoms with Crippen molar-refractivity contribution in [3.05, 3.63) is 59.4 Å². The second-order valence-corrected chi connectivity index (χ2v) is 5.14. The van der Waals surface area contributed by atoms with Gasteiger partial charge in [0.2, 0.25) is 0 Å². The number of hydrogen-bond acceptors (Lipinski definition) is 3. The topological polar surface area (TPSA) is 38.7 Å². The Balaban J connectivity index is 2.32. The van der Waals surface area contributed by atoms with Crippen LogP contribution in [0.5, 0.6) is 11.5 Å². The van der Waals surface area contributed by atoms with E-state index in [1.807, 2.05) is 0 Å². The van der Waals surface area contributed by atoms with Crippen LogP contribution in [0.2, 0.25) is 0 Å². The van der Waals surface area contributed by atoms with Crippen LogP contribution in [0.1, 0.15) is 18.1 Å². The van der Waals surface area contributed by atoms with Crippen LogP contribution in [0.25, 0.3) is 0 Å². The van der Waals surface area contributed by atoms with E-state index in [9.17, 15) is 9.50 Å². The van der Waals surface area contributed by atoms with Crippen molar-refractivity contribution in [3.63, 3.8) is 0 Å². The molecule has 2 rings (SSSR count). The van der Waals surface area contributed by atoms with Gasteiger partial charge < -0.3 is 14.6 Å². The first kappa shape index (κ1) is 15.3. The van der Waals surface area contributed by atoms with Crippen LogP contribution in [0.15, 0.2) is 42.5 Å². The third-order valence-corrected chi connectivity index (χ3v) is 3.45. The third-order valence-electron chi connectivity index (χ3n) is 3.45. The molecule has 112 valence electrons. The van der Waals surface area contributed by atoms with Gasteiger partial charge >= 0.3 is 0 Å². The maximum Gasteiger partial charge on any atom is 0.128 e. The van der Waals surface area contributed by atoms with Crippen molar-refractivity contribution in [2.45, 2.75) is 18.9 Å². The van der Waals surface area contributed by atoms with Crippen molar-refractivity contribution in [1.29, 1.82) is 0 Å². The average Bonchev–Trinajstić information content (AvgIpc) is 2.48. The summed E-state index contributed by atoms with van der Waals surface area (Å²) in [5, 5.41) is 10.8. The second-order valence-electron chi connectivity index (χ2n) is 5.14. The van der Waals surface area contributed by atoms with Gasteiger partial charge in [-0.05, 0) is 36.8 Å². The molecule has 4 heteroatoms. The lowest BCUT2D eigenvalue weighted by Gasteiger charge is -2.26. The molecule has 0 amide bonds. The molecule has 1 atom stereocenters. The molecule has 2 aromatic carbocycles. The zero-order valence-corrected chi connectivity index (χ0v) is 12.4. The van der Waals surface area contributed by atoms with E-state index in [-0.39, 0.29) is 5.82 Å². The Morgan fingerprint density at radius 2 is 1.71 bits per heavy atom. The van der Waals surface area contributed by atoms with E-state index in [0.29, 0.717) is 23.5 Å². The summed E-state index contributed by atoms with van der Waals surface area (Å²) >= 11 is 0. The molecular formula is C17H19FO3. The van der Waals surface area contributed by atoms with Crippen molar-refractivity contribution in [2.24, 2.45) is 0 Å². The van der Waals surface area contributed by atoms with Crippen LogP contribution in [-0.2, 0) is 12.0 Å². The molecule has 0 bridgehead atoms. The highest BCUT2D eigenvalue weighted by molar-refractivity contribution is 5.44. The molecule has 0 aromatic heterocycles.